The Kier molecular flexibility index (Phi) is 1.02. The zero-order chi connectivity index (χ0) is 5.11. The van der Waals surface area contributed by atoms with Crippen LogP contribution in [0.1, 0.15) is 0 Å². The standard InChI is InChI=1S/C5H6N2/c1-2-5-6-3-4-7-5/h2-5H,1H2. The maximum atomic E-state index is 3.89. The van der Waals surface area contributed by atoms with Crippen LogP contribution in [0.3, 0.4) is 0 Å². The van der Waals surface area contributed by atoms with Gasteiger partial charge in [0, 0.05) is 12.4 Å². The van der Waals surface area contributed by atoms with E-state index in [0.29, 0.717) is 0 Å². The van der Waals surface area contributed by atoms with Crippen LogP contribution < -0.4 is 0 Å². The molecule has 0 atom stereocenters. The smallest absolute Gasteiger partial charge is 0.157 e. The molecule has 2 heteroatoms. The summed E-state index contributed by atoms with van der Waals surface area (Å²) < 4.78 is 0. The van der Waals surface area contributed by atoms with Crippen molar-refractivity contribution in [3.8, 4) is 0 Å². The molecule has 0 fully saturated rings. The molecular formula is C5H6N2. The fraction of sp³-hybridized carbons (Fsp3) is 0.200. The van der Waals surface area contributed by atoms with Gasteiger partial charge in [-0.1, -0.05) is 6.58 Å². The van der Waals surface area contributed by atoms with Crippen molar-refractivity contribution >= 4 is 12.4 Å². The summed E-state index contributed by atoms with van der Waals surface area (Å²) in [5.41, 5.74) is 0. The molecule has 7 heavy (non-hydrogen) atoms. The summed E-state index contributed by atoms with van der Waals surface area (Å²) in [6.45, 7) is 3.52. The number of aliphatic imine (C=N–C) groups is 2. The molecule has 0 N–H and O–H groups in total. The van der Waals surface area contributed by atoms with Gasteiger partial charge in [-0.15, -0.1) is 0 Å². The Labute approximate surface area is 42.3 Å². The normalized spacial score (nSPS) is 18.3. The van der Waals surface area contributed by atoms with E-state index in [0.717, 1.165) is 0 Å². The minimum atomic E-state index is -0.000000000000000222. The van der Waals surface area contributed by atoms with Crippen molar-refractivity contribution in [3.05, 3.63) is 12.7 Å². The van der Waals surface area contributed by atoms with Gasteiger partial charge in [-0.25, -0.2) is 0 Å². The van der Waals surface area contributed by atoms with Crippen LogP contribution in [0.5, 0.6) is 0 Å². The Morgan fingerprint density at radius 1 is 1.43 bits per heavy atom. The van der Waals surface area contributed by atoms with Crippen LogP contribution in [0, 0.1) is 0 Å². The van der Waals surface area contributed by atoms with Crippen LogP contribution in [0.2, 0.25) is 0 Å². The minimum absolute atomic E-state index is 0.000000000000000222. The van der Waals surface area contributed by atoms with Crippen molar-refractivity contribution in [2.75, 3.05) is 0 Å². The summed E-state index contributed by atoms with van der Waals surface area (Å²) in [5.74, 6) is 0. The zero-order valence-electron chi connectivity index (χ0n) is 3.91. The predicted molar refractivity (Wildman–Crippen MR) is 31.0 cm³/mol. The monoisotopic (exact) mass is 94.1 g/mol. The van der Waals surface area contributed by atoms with Crippen LogP contribution in [0.4, 0.5) is 0 Å². The summed E-state index contributed by atoms with van der Waals surface area (Å²) >= 11 is 0. The molecule has 0 radical (unpaired) electrons. The molecule has 2 nitrogen and oxygen atoms in total. The van der Waals surface area contributed by atoms with Gasteiger partial charge in [0.25, 0.3) is 0 Å². The van der Waals surface area contributed by atoms with Crippen LogP contribution >= 0.6 is 0 Å². The summed E-state index contributed by atoms with van der Waals surface area (Å²) in [6.07, 6.45) is 5.04. The highest BCUT2D eigenvalue weighted by Crippen LogP contribution is 1.94. The van der Waals surface area contributed by atoms with Gasteiger partial charge in [-0.3, -0.25) is 9.98 Å². The molecule has 1 heterocycles. The van der Waals surface area contributed by atoms with Gasteiger partial charge in [0.1, 0.15) is 0 Å². The lowest BCUT2D eigenvalue weighted by atomic mass is 10.5. The van der Waals surface area contributed by atoms with E-state index in [4.69, 9.17) is 0 Å². The molecule has 0 amide bonds. The molecule has 0 aromatic heterocycles. The molecule has 1 aliphatic heterocycles. The highest BCUT2D eigenvalue weighted by molar-refractivity contribution is 6.17. The molecule has 0 aromatic rings. The quantitative estimate of drug-likeness (QED) is 0.426. The lowest BCUT2D eigenvalue weighted by molar-refractivity contribution is 0.910. The number of nitrogens with zero attached hydrogens (tertiary/aromatic N) is 2. The second-order valence-electron chi connectivity index (χ2n) is 1.25. The first-order valence-electron chi connectivity index (χ1n) is 2.11. The van der Waals surface area contributed by atoms with E-state index in [2.05, 4.69) is 16.6 Å². The third kappa shape index (κ3) is 0.738. The number of hydrogen-bond acceptors (Lipinski definition) is 2. The van der Waals surface area contributed by atoms with Gasteiger partial charge in [0.2, 0.25) is 0 Å². The Morgan fingerprint density at radius 2 is 2.00 bits per heavy atom. The third-order valence-electron chi connectivity index (χ3n) is 0.755. The molecule has 1 aliphatic rings. The van der Waals surface area contributed by atoms with Crippen LogP contribution in [0.15, 0.2) is 22.6 Å². The van der Waals surface area contributed by atoms with Crippen molar-refractivity contribution in [3.63, 3.8) is 0 Å². The van der Waals surface area contributed by atoms with Gasteiger partial charge in [-0.05, 0) is 6.08 Å². The van der Waals surface area contributed by atoms with Crippen molar-refractivity contribution in [2.45, 2.75) is 6.17 Å². The molecular weight excluding hydrogens is 88.1 g/mol. The van der Waals surface area contributed by atoms with Gasteiger partial charge in [0.05, 0.1) is 0 Å². The van der Waals surface area contributed by atoms with Crippen LogP contribution in [0.25, 0.3) is 0 Å². The second kappa shape index (κ2) is 1.69. The van der Waals surface area contributed by atoms with Crippen molar-refractivity contribution in [2.24, 2.45) is 9.98 Å². The molecule has 0 spiro atoms. The molecule has 0 saturated heterocycles. The maximum Gasteiger partial charge on any atom is 0.157 e. The van der Waals surface area contributed by atoms with Gasteiger partial charge in [-0.2, -0.15) is 0 Å². The van der Waals surface area contributed by atoms with E-state index in [1.165, 1.54) is 0 Å². The molecule has 0 unspecified atom stereocenters. The lowest BCUT2D eigenvalue weighted by Crippen LogP contribution is -1.86. The predicted octanol–water partition coefficient (Wildman–Crippen LogP) is 0.654. The minimum Gasteiger partial charge on any atom is -0.261 e. The Hall–Kier alpha value is -0.920. The SMILES string of the molecule is C=CC1N=CC=N1. The van der Waals surface area contributed by atoms with Gasteiger partial charge in [0.15, 0.2) is 6.17 Å². The van der Waals surface area contributed by atoms with E-state index < -0.39 is 0 Å². The summed E-state index contributed by atoms with van der Waals surface area (Å²) in [6, 6.07) is 0. The number of hydrogen-bond donors (Lipinski definition) is 0. The molecule has 0 saturated carbocycles. The van der Waals surface area contributed by atoms with Crippen LogP contribution in [-0.2, 0) is 0 Å². The fourth-order valence-corrected chi connectivity index (χ4v) is 0.414. The Morgan fingerprint density at radius 3 is 2.29 bits per heavy atom. The molecule has 1 rings (SSSR count). The lowest BCUT2D eigenvalue weighted by Gasteiger charge is -1.87. The van der Waals surface area contributed by atoms with E-state index in [9.17, 15) is 0 Å². The first-order valence-corrected chi connectivity index (χ1v) is 2.11. The average Bonchev–Trinajstić information content (AvgIpc) is 2.14. The Balaban J connectivity index is 2.59. The zero-order valence-corrected chi connectivity index (χ0v) is 3.91. The van der Waals surface area contributed by atoms with E-state index >= 15 is 0 Å². The highest BCUT2D eigenvalue weighted by Gasteiger charge is 1.95. The van der Waals surface area contributed by atoms with E-state index in [1.807, 2.05) is 0 Å². The maximum absolute atomic E-state index is 3.89. The average molecular weight is 94.1 g/mol. The van der Waals surface area contributed by atoms with Gasteiger partial charge < -0.3 is 0 Å². The highest BCUT2D eigenvalue weighted by atomic mass is 15.0. The van der Waals surface area contributed by atoms with Crippen molar-refractivity contribution < 1.29 is 0 Å². The molecule has 0 aliphatic carbocycles. The molecule has 0 aromatic carbocycles. The van der Waals surface area contributed by atoms with Crippen molar-refractivity contribution in [1.82, 2.24) is 0 Å². The Bertz CT molecular complexity index is 112. The topological polar surface area (TPSA) is 24.7 Å². The molecule has 36 valence electrons. The first kappa shape index (κ1) is 4.24. The second-order valence-corrected chi connectivity index (χ2v) is 1.25. The largest absolute Gasteiger partial charge is 0.261 e. The summed E-state index contributed by atoms with van der Waals surface area (Å²) in [7, 11) is 0. The molecule has 0 bridgehead atoms. The third-order valence-corrected chi connectivity index (χ3v) is 0.755. The summed E-state index contributed by atoms with van der Waals surface area (Å²) in [5, 5.41) is 0. The van der Waals surface area contributed by atoms with E-state index in [1.54, 1.807) is 18.5 Å². The fourth-order valence-electron chi connectivity index (χ4n) is 0.414. The first-order chi connectivity index (χ1) is 3.43. The van der Waals surface area contributed by atoms with Gasteiger partial charge >= 0.3 is 0 Å². The van der Waals surface area contributed by atoms with Crippen LogP contribution in [-0.4, -0.2) is 18.6 Å². The van der Waals surface area contributed by atoms with Crippen molar-refractivity contribution in [1.29, 1.82) is 0 Å². The summed E-state index contributed by atoms with van der Waals surface area (Å²) in [4.78, 5) is 7.78. The van der Waals surface area contributed by atoms with E-state index in [-0.39, 0.29) is 6.17 Å². The number of rotatable bonds is 1.